The minimum atomic E-state index is -2.62. The zero-order chi connectivity index (χ0) is 24.0. The van der Waals surface area contributed by atoms with E-state index < -0.39 is 5.92 Å². The van der Waals surface area contributed by atoms with Gasteiger partial charge in [-0.2, -0.15) is 0 Å². The Labute approximate surface area is 195 Å². The van der Waals surface area contributed by atoms with Crippen molar-refractivity contribution in [3.05, 3.63) is 57.2 Å². The van der Waals surface area contributed by atoms with Crippen molar-refractivity contribution in [1.29, 1.82) is 0 Å². The van der Waals surface area contributed by atoms with Crippen molar-refractivity contribution in [3.63, 3.8) is 0 Å². The number of aromatic nitrogens is 5. The molecule has 2 N–H and O–H groups in total. The van der Waals surface area contributed by atoms with Crippen LogP contribution in [-0.4, -0.2) is 37.1 Å². The summed E-state index contributed by atoms with van der Waals surface area (Å²) in [5.74, 6) is 3.66. The van der Waals surface area contributed by atoms with Gasteiger partial charge >= 0.3 is 0 Å². The Balaban J connectivity index is 1.52. The SMILES string of the molecule is Cc1nc2nc([C@H]3CCO[C@@H](c4ccc(=O)n(N)c4)C3)nc(C3CCC(F)(F)CC3)c2nc1C. The Morgan fingerprint density at radius 2 is 1.76 bits per heavy atom. The third kappa shape index (κ3) is 4.38. The van der Waals surface area contributed by atoms with Crippen LogP contribution in [0.3, 0.4) is 0 Å². The average Bonchev–Trinajstić information content (AvgIpc) is 2.81. The van der Waals surface area contributed by atoms with Crippen molar-refractivity contribution in [2.24, 2.45) is 0 Å². The van der Waals surface area contributed by atoms with Gasteiger partial charge in [0.05, 0.1) is 23.2 Å². The van der Waals surface area contributed by atoms with Crippen LogP contribution in [0.25, 0.3) is 11.2 Å². The number of halogens is 2. The maximum atomic E-state index is 13.8. The zero-order valence-corrected chi connectivity index (χ0v) is 19.3. The molecular formula is C24H28F2N6O2. The summed E-state index contributed by atoms with van der Waals surface area (Å²) in [6.07, 6.45) is 3.10. The van der Waals surface area contributed by atoms with E-state index in [1.54, 1.807) is 12.3 Å². The van der Waals surface area contributed by atoms with Gasteiger partial charge in [0.1, 0.15) is 11.3 Å². The minimum Gasteiger partial charge on any atom is -0.373 e. The number of nitrogen functional groups attached to an aromatic ring is 1. The highest BCUT2D eigenvalue weighted by atomic mass is 19.3. The van der Waals surface area contributed by atoms with Crippen molar-refractivity contribution in [2.75, 3.05) is 12.4 Å². The molecule has 2 atom stereocenters. The third-order valence-corrected chi connectivity index (χ3v) is 7.07. The van der Waals surface area contributed by atoms with E-state index in [1.165, 1.54) is 6.07 Å². The summed E-state index contributed by atoms with van der Waals surface area (Å²) in [7, 11) is 0. The lowest BCUT2D eigenvalue weighted by Crippen LogP contribution is -2.28. The van der Waals surface area contributed by atoms with E-state index in [0.29, 0.717) is 42.9 Å². The summed E-state index contributed by atoms with van der Waals surface area (Å²) < 4.78 is 34.7. The Morgan fingerprint density at radius 1 is 1.03 bits per heavy atom. The summed E-state index contributed by atoms with van der Waals surface area (Å²) in [5, 5.41) is 0. The van der Waals surface area contributed by atoms with Crippen molar-refractivity contribution >= 4 is 11.2 Å². The zero-order valence-electron chi connectivity index (χ0n) is 19.3. The van der Waals surface area contributed by atoms with Gasteiger partial charge in [-0.05, 0) is 51.2 Å². The third-order valence-electron chi connectivity index (χ3n) is 7.07. The van der Waals surface area contributed by atoms with Crippen LogP contribution >= 0.6 is 0 Å². The molecule has 0 radical (unpaired) electrons. The number of hydrogen-bond acceptors (Lipinski definition) is 7. The molecule has 0 bridgehead atoms. The molecule has 34 heavy (non-hydrogen) atoms. The lowest BCUT2D eigenvalue weighted by Gasteiger charge is -2.31. The Bertz CT molecular complexity index is 1280. The molecule has 2 aliphatic rings. The fraction of sp³-hybridized carbons (Fsp3) is 0.542. The van der Waals surface area contributed by atoms with Crippen LogP contribution in [0.4, 0.5) is 8.78 Å². The topological polar surface area (TPSA) is 109 Å². The first kappa shape index (κ1) is 22.8. The molecule has 4 heterocycles. The van der Waals surface area contributed by atoms with Crippen molar-refractivity contribution < 1.29 is 13.5 Å². The molecule has 1 saturated carbocycles. The monoisotopic (exact) mass is 470 g/mol. The van der Waals surface area contributed by atoms with E-state index in [4.69, 9.17) is 25.5 Å². The first-order valence-corrected chi connectivity index (χ1v) is 11.7. The second kappa shape index (κ2) is 8.65. The maximum absolute atomic E-state index is 13.8. The average molecular weight is 471 g/mol. The summed E-state index contributed by atoms with van der Waals surface area (Å²) in [6.45, 7) is 4.27. The molecule has 0 spiro atoms. The maximum Gasteiger partial charge on any atom is 0.268 e. The van der Waals surface area contributed by atoms with Crippen LogP contribution in [0.2, 0.25) is 0 Å². The molecule has 5 rings (SSSR count). The number of alkyl halides is 2. The molecular weight excluding hydrogens is 442 g/mol. The van der Waals surface area contributed by atoms with Gasteiger partial charge in [-0.15, -0.1) is 0 Å². The van der Waals surface area contributed by atoms with Gasteiger partial charge in [0.25, 0.3) is 5.56 Å². The molecule has 180 valence electrons. The van der Waals surface area contributed by atoms with Crippen LogP contribution in [0.5, 0.6) is 0 Å². The fourth-order valence-corrected chi connectivity index (χ4v) is 4.91. The van der Waals surface area contributed by atoms with E-state index >= 15 is 0 Å². The molecule has 2 fully saturated rings. The second-order valence-corrected chi connectivity index (χ2v) is 9.45. The highest BCUT2D eigenvalue weighted by molar-refractivity contribution is 5.73. The van der Waals surface area contributed by atoms with E-state index in [-0.39, 0.29) is 36.3 Å². The molecule has 3 aromatic heterocycles. The molecule has 1 aliphatic heterocycles. The molecule has 3 aromatic rings. The van der Waals surface area contributed by atoms with Crippen molar-refractivity contribution in [2.45, 2.75) is 76.2 Å². The summed E-state index contributed by atoms with van der Waals surface area (Å²) in [5.41, 5.74) is 3.95. The largest absolute Gasteiger partial charge is 0.373 e. The number of aryl methyl sites for hydroxylation is 2. The quantitative estimate of drug-likeness (QED) is 0.579. The van der Waals surface area contributed by atoms with E-state index in [2.05, 4.69) is 4.98 Å². The number of pyridine rings is 1. The first-order valence-electron chi connectivity index (χ1n) is 11.7. The molecule has 0 unspecified atom stereocenters. The lowest BCUT2D eigenvalue weighted by molar-refractivity contribution is -0.0384. The molecule has 8 nitrogen and oxygen atoms in total. The fourth-order valence-electron chi connectivity index (χ4n) is 4.91. The number of fused-ring (bicyclic) bond motifs is 1. The van der Waals surface area contributed by atoms with Crippen LogP contribution < -0.4 is 11.4 Å². The molecule has 10 heteroatoms. The second-order valence-electron chi connectivity index (χ2n) is 9.45. The van der Waals surface area contributed by atoms with E-state index in [0.717, 1.165) is 33.7 Å². The van der Waals surface area contributed by atoms with Gasteiger partial charge in [0, 0.05) is 43.5 Å². The Hall–Kier alpha value is -3.01. The number of nitrogens with zero attached hydrogens (tertiary/aromatic N) is 5. The normalized spacial score (nSPS) is 23.3. The lowest BCUT2D eigenvalue weighted by atomic mass is 9.84. The minimum absolute atomic E-state index is 0.00602. The molecule has 1 saturated heterocycles. The highest BCUT2D eigenvalue weighted by Crippen LogP contribution is 2.43. The smallest absolute Gasteiger partial charge is 0.268 e. The van der Waals surface area contributed by atoms with Gasteiger partial charge in [-0.1, -0.05) is 0 Å². The Kier molecular flexibility index (Phi) is 5.79. The summed E-state index contributed by atoms with van der Waals surface area (Å²) in [4.78, 5) is 30.7. The van der Waals surface area contributed by atoms with Gasteiger partial charge in [-0.3, -0.25) is 4.79 Å². The summed E-state index contributed by atoms with van der Waals surface area (Å²) >= 11 is 0. The number of ether oxygens (including phenoxy) is 1. The van der Waals surface area contributed by atoms with Gasteiger partial charge < -0.3 is 10.6 Å². The van der Waals surface area contributed by atoms with Crippen molar-refractivity contribution in [1.82, 2.24) is 24.6 Å². The predicted octanol–water partition coefficient (Wildman–Crippen LogP) is 3.84. The molecule has 1 aliphatic carbocycles. The number of hydrogen-bond donors (Lipinski definition) is 1. The molecule has 0 aromatic carbocycles. The van der Waals surface area contributed by atoms with Gasteiger partial charge in [0.2, 0.25) is 5.92 Å². The van der Waals surface area contributed by atoms with Crippen LogP contribution in [0.15, 0.2) is 23.1 Å². The Morgan fingerprint density at radius 3 is 2.50 bits per heavy atom. The van der Waals surface area contributed by atoms with Crippen LogP contribution in [0, 0.1) is 13.8 Å². The van der Waals surface area contributed by atoms with Crippen molar-refractivity contribution in [3.8, 4) is 0 Å². The van der Waals surface area contributed by atoms with Crippen LogP contribution in [0.1, 0.15) is 84.9 Å². The van der Waals surface area contributed by atoms with Crippen LogP contribution in [-0.2, 0) is 4.74 Å². The van der Waals surface area contributed by atoms with E-state index in [1.807, 2.05) is 13.8 Å². The number of rotatable bonds is 3. The standard InChI is InChI=1S/C24H28F2N6O2/c1-13-14(2)29-23-21(28-13)20(15-5-8-24(25,26)9-6-15)30-22(31-23)16-7-10-34-18(11-16)17-3-4-19(33)32(27)12-17/h3-4,12,15-16,18H,5-11,27H2,1-2H3/t16-,18+/m0/s1. The number of nitrogens with two attached hydrogens (primary N) is 1. The summed E-state index contributed by atoms with van der Waals surface area (Å²) in [6, 6.07) is 3.15. The van der Waals surface area contributed by atoms with Gasteiger partial charge in [0.15, 0.2) is 5.65 Å². The van der Waals surface area contributed by atoms with E-state index in [9.17, 15) is 13.6 Å². The molecule has 0 amide bonds. The highest BCUT2D eigenvalue weighted by Gasteiger charge is 2.37. The first-order chi connectivity index (χ1) is 16.2. The predicted molar refractivity (Wildman–Crippen MR) is 122 cm³/mol. The van der Waals surface area contributed by atoms with Gasteiger partial charge in [-0.25, -0.2) is 33.4 Å².